The second-order valence-electron chi connectivity index (χ2n) is 9.06. The third-order valence-corrected chi connectivity index (χ3v) is 6.97. The molecule has 2 fully saturated rings. The van der Waals surface area contributed by atoms with Crippen molar-refractivity contribution < 1.29 is 18.7 Å². The van der Waals surface area contributed by atoms with E-state index in [2.05, 4.69) is 32.5 Å². The van der Waals surface area contributed by atoms with Gasteiger partial charge in [-0.05, 0) is 38.1 Å². The summed E-state index contributed by atoms with van der Waals surface area (Å²) in [6.45, 7) is 5.66. The molecule has 200 valence electrons. The van der Waals surface area contributed by atoms with Crippen LogP contribution in [0.5, 0.6) is 11.5 Å². The molecular formula is C24H28Cl3FN6O3. The van der Waals surface area contributed by atoms with E-state index in [-0.39, 0.29) is 17.5 Å². The number of hydrogen-bond acceptors (Lipinski definition) is 6. The highest BCUT2D eigenvalue weighted by molar-refractivity contribution is 6.76. The molecule has 13 heteroatoms. The summed E-state index contributed by atoms with van der Waals surface area (Å²) in [4.78, 5) is 35.4. The topological polar surface area (TPSA) is 90.0 Å². The van der Waals surface area contributed by atoms with E-state index in [1.165, 1.54) is 18.3 Å². The maximum atomic E-state index is 14.4. The van der Waals surface area contributed by atoms with Gasteiger partial charge in [-0.25, -0.2) is 14.2 Å². The molecule has 1 aromatic heterocycles. The Morgan fingerprint density at radius 1 is 1.00 bits per heavy atom. The zero-order chi connectivity index (χ0) is 26.6. The van der Waals surface area contributed by atoms with Crippen LogP contribution in [0.2, 0.25) is 0 Å². The SMILES string of the molecule is CN1CCN(C2CCN(C(=O)Nc3cc(Oc4ccc(NC(=O)C(Cl)(Cl)Cl)c(F)c4)ccn3)CC2)CC1. The Labute approximate surface area is 229 Å². The maximum Gasteiger partial charge on any atom is 0.323 e. The van der Waals surface area contributed by atoms with Gasteiger partial charge in [-0.1, -0.05) is 34.8 Å². The number of carbonyl (C=O) groups excluding carboxylic acids is 2. The molecule has 9 nitrogen and oxygen atoms in total. The Hall–Kier alpha value is -2.37. The van der Waals surface area contributed by atoms with Crippen molar-refractivity contribution in [3.63, 3.8) is 0 Å². The molecule has 0 spiro atoms. The van der Waals surface area contributed by atoms with Crippen molar-refractivity contribution in [2.45, 2.75) is 22.7 Å². The van der Waals surface area contributed by atoms with Crippen molar-refractivity contribution in [3.8, 4) is 11.5 Å². The van der Waals surface area contributed by atoms with Crippen LogP contribution in [-0.4, -0.2) is 87.8 Å². The quantitative estimate of drug-likeness (QED) is 0.510. The summed E-state index contributed by atoms with van der Waals surface area (Å²) in [7, 11) is 2.14. The monoisotopic (exact) mass is 572 g/mol. The van der Waals surface area contributed by atoms with Crippen molar-refractivity contribution in [1.82, 2.24) is 19.7 Å². The zero-order valence-corrected chi connectivity index (χ0v) is 22.5. The standard InChI is InChI=1S/C24H28Cl3FN6O3/c1-32-10-12-33(13-11-32)16-5-8-34(9-6-16)23(36)31-21-15-18(4-7-29-21)37-17-2-3-20(19(28)14-17)30-22(35)24(25,26)27/h2-4,7,14-16H,5-6,8-13H2,1H3,(H,30,35)(H,29,31,36). The lowest BCUT2D eigenvalue weighted by Crippen LogP contribution is -2.53. The van der Waals surface area contributed by atoms with Crippen molar-refractivity contribution in [3.05, 3.63) is 42.3 Å². The molecule has 0 radical (unpaired) electrons. The zero-order valence-electron chi connectivity index (χ0n) is 20.2. The number of likely N-dealkylation sites (tertiary alicyclic amines) is 1. The molecule has 2 aromatic rings. The molecule has 0 bridgehead atoms. The molecule has 2 aliphatic heterocycles. The van der Waals surface area contributed by atoms with Crippen molar-refractivity contribution in [2.24, 2.45) is 0 Å². The third-order valence-electron chi connectivity index (χ3n) is 6.45. The number of pyridine rings is 1. The minimum absolute atomic E-state index is 0.164. The fraction of sp³-hybridized carbons (Fsp3) is 0.458. The smallest absolute Gasteiger partial charge is 0.323 e. The van der Waals surface area contributed by atoms with E-state index in [1.807, 2.05) is 0 Å². The van der Waals surface area contributed by atoms with Gasteiger partial charge in [-0.3, -0.25) is 15.0 Å². The molecule has 2 N–H and O–H groups in total. The first kappa shape index (κ1) is 27.7. The molecule has 3 heterocycles. The first-order valence-electron chi connectivity index (χ1n) is 11.9. The summed E-state index contributed by atoms with van der Waals surface area (Å²) in [5.74, 6) is -0.933. The van der Waals surface area contributed by atoms with Crippen LogP contribution in [0.4, 0.5) is 20.7 Å². The second kappa shape index (κ2) is 12.0. The summed E-state index contributed by atoms with van der Waals surface area (Å²) in [5, 5.41) is 5.00. The summed E-state index contributed by atoms with van der Waals surface area (Å²) < 4.78 is 17.9. The Kier molecular flexibility index (Phi) is 8.97. The number of carbonyl (C=O) groups is 2. The summed E-state index contributed by atoms with van der Waals surface area (Å²) in [5.41, 5.74) is -0.164. The van der Waals surface area contributed by atoms with Gasteiger partial charge >= 0.3 is 6.03 Å². The van der Waals surface area contributed by atoms with Crippen LogP contribution in [0.1, 0.15) is 12.8 Å². The molecule has 3 amide bonds. The lowest BCUT2D eigenvalue weighted by Gasteiger charge is -2.42. The number of ether oxygens (including phenoxy) is 1. The molecular weight excluding hydrogens is 546 g/mol. The predicted molar refractivity (Wildman–Crippen MR) is 142 cm³/mol. The van der Waals surface area contributed by atoms with Crippen LogP contribution in [0.25, 0.3) is 0 Å². The molecule has 2 saturated heterocycles. The number of alkyl halides is 3. The number of piperazine rings is 1. The van der Waals surface area contributed by atoms with Gasteiger partial charge in [0, 0.05) is 63.6 Å². The van der Waals surface area contributed by atoms with Gasteiger partial charge < -0.3 is 19.9 Å². The van der Waals surface area contributed by atoms with Crippen LogP contribution in [0, 0.1) is 5.82 Å². The van der Waals surface area contributed by atoms with Crippen LogP contribution in [-0.2, 0) is 4.79 Å². The summed E-state index contributed by atoms with van der Waals surface area (Å²) >= 11 is 16.5. The number of nitrogens with one attached hydrogen (secondary N) is 2. The highest BCUT2D eigenvalue weighted by Gasteiger charge is 2.31. The van der Waals surface area contributed by atoms with Gasteiger partial charge in [0.25, 0.3) is 9.70 Å². The van der Waals surface area contributed by atoms with Gasteiger partial charge in [0.2, 0.25) is 0 Å². The minimum Gasteiger partial charge on any atom is -0.457 e. The van der Waals surface area contributed by atoms with E-state index in [1.54, 1.807) is 17.0 Å². The molecule has 37 heavy (non-hydrogen) atoms. The Balaban J connectivity index is 1.30. The first-order valence-corrected chi connectivity index (χ1v) is 13.0. The van der Waals surface area contributed by atoms with E-state index in [0.717, 1.165) is 45.1 Å². The lowest BCUT2D eigenvalue weighted by molar-refractivity contribution is -0.115. The molecule has 0 atom stereocenters. The van der Waals surface area contributed by atoms with Crippen LogP contribution >= 0.6 is 34.8 Å². The molecule has 0 aliphatic carbocycles. The van der Waals surface area contributed by atoms with Crippen molar-refractivity contribution in [2.75, 3.05) is 56.9 Å². The second-order valence-corrected chi connectivity index (χ2v) is 11.3. The van der Waals surface area contributed by atoms with E-state index >= 15 is 0 Å². The minimum atomic E-state index is -2.22. The fourth-order valence-electron chi connectivity index (χ4n) is 4.34. The summed E-state index contributed by atoms with van der Waals surface area (Å²) in [6, 6.07) is 7.22. The van der Waals surface area contributed by atoms with Crippen LogP contribution < -0.4 is 15.4 Å². The van der Waals surface area contributed by atoms with Gasteiger partial charge in [0.15, 0.2) is 0 Å². The maximum absolute atomic E-state index is 14.4. The van der Waals surface area contributed by atoms with Gasteiger partial charge in [-0.15, -0.1) is 0 Å². The lowest BCUT2D eigenvalue weighted by atomic mass is 10.0. The van der Waals surface area contributed by atoms with Gasteiger partial charge in [0.1, 0.15) is 23.1 Å². The number of likely N-dealkylation sites (N-methyl/N-ethyl adjacent to an activating group) is 1. The van der Waals surface area contributed by atoms with E-state index < -0.39 is 15.5 Å². The third kappa shape index (κ3) is 7.58. The van der Waals surface area contributed by atoms with E-state index in [4.69, 9.17) is 39.5 Å². The number of nitrogens with zero attached hydrogens (tertiary/aromatic N) is 4. The van der Waals surface area contributed by atoms with E-state index in [0.29, 0.717) is 30.7 Å². The molecule has 1 aromatic carbocycles. The first-order chi connectivity index (χ1) is 17.6. The number of anilines is 2. The average Bonchev–Trinajstić information content (AvgIpc) is 2.86. The molecule has 4 rings (SSSR count). The van der Waals surface area contributed by atoms with Crippen LogP contribution in [0.15, 0.2) is 36.5 Å². The van der Waals surface area contributed by atoms with Gasteiger partial charge in [0.05, 0.1) is 5.69 Å². The number of piperidine rings is 1. The number of aromatic nitrogens is 1. The number of halogens is 4. The number of benzene rings is 1. The number of rotatable bonds is 5. The molecule has 0 unspecified atom stereocenters. The average molecular weight is 574 g/mol. The normalized spacial score (nSPS) is 17.9. The number of hydrogen-bond donors (Lipinski definition) is 2. The van der Waals surface area contributed by atoms with Crippen molar-refractivity contribution >= 4 is 58.2 Å². The number of urea groups is 1. The Morgan fingerprint density at radius 3 is 2.32 bits per heavy atom. The molecule has 0 saturated carbocycles. The Morgan fingerprint density at radius 2 is 1.68 bits per heavy atom. The van der Waals surface area contributed by atoms with Crippen LogP contribution in [0.3, 0.4) is 0 Å². The molecule has 2 aliphatic rings. The highest BCUT2D eigenvalue weighted by atomic mass is 35.6. The number of amides is 3. The predicted octanol–water partition coefficient (Wildman–Crippen LogP) is 4.57. The Bertz CT molecular complexity index is 1120. The van der Waals surface area contributed by atoms with E-state index in [9.17, 15) is 14.0 Å². The largest absolute Gasteiger partial charge is 0.457 e. The van der Waals surface area contributed by atoms with Gasteiger partial charge in [-0.2, -0.15) is 0 Å². The fourth-order valence-corrected chi connectivity index (χ4v) is 4.48. The van der Waals surface area contributed by atoms with Crippen molar-refractivity contribution in [1.29, 1.82) is 0 Å². The highest BCUT2D eigenvalue weighted by Crippen LogP contribution is 2.30. The summed E-state index contributed by atoms with van der Waals surface area (Å²) in [6.07, 6.45) is 3.37.